The molecule has 21 nitrogen and oxygen atoms in total. The van der Waals surface area contributed by atoms with Gasteiger partial charge in [0.15, 0.2) is 11.6 Å². The highest BCUT2D eigenvalue weighted by molar-refractivity contribution is 6.45. The van der Waals surface area contributed by atoms with E-state index in [2.05, 4.69) is 55.1 Å². The lowest BCUT2D eigenvalue weighted by Crippen LogP contribution is -2.50. The first kappa shape index (κ1) is 43.8. The Bertz CT molecular complexity index is 3810. The van der Waals surface area contributed by atoms with E-state index in [1.54, 1.807) is 36.3 Å². The Morgan fingerprint density at radius 1 is 0.722 bits per heavy atom. The fraction of sp³-hybridized carbons (Fsp3) is 0.200. The van der Waals surface area contributed by atoms with Crippen molar-refractivity contribution in [2.45, 2.75) is 6.92 Å². The number of hydrogen-bond donors (Lipinski definition) is 2. The van der Waals surface area contributed by atoms with Gasteiger partial charge in [-0.25, -0.2) is 19.0 Å². The number of nitrogens with zero attached hydrogens (tertiary/aromatic N) is 14. The zero-order valence-corrected chi connectivity index (χ0v) is 38.7. The SMILES string of the molecule is COc1cnc(-n2cnc(C)n2)c2[nH]cc(C(=O)C(=O)N3CCN(c4cc(-[n+]5cc(F)c6c(C(=O)C(=O)N7CCN(c8cccc9cccnc89)CC7)c[nH]c6c5-n5ccnn5)cc5ccncc45)CC3)c12. The van der Waals surface area contributed by atoms with Gasteiger partial charge in [0.2, 0.25) is 0 Å². The molecule has 22 heteroatoms. The van der Waals surface area contributed by atoms with Gasteiger partial charge in [0, 0.05) is 105 Å². The third-order valence-corrected chi connectivity index (χ3v) is 13.5. The van der Waals surface area contributed by atoms with Crippen molar-refractivity contribution >= 4 is 78.2 Å². The fourth-order valence-corrected chi connectivity index (χ4v) is 9.92. The molecule has 0 spiro atoms. The van der Waals surface area contributed by atoms with Gasteiger partial charge in [-0.15, -0.1) is 5.10 Å². The van der Waals surface area contributed by atoms with Crippen molar-refractivity contribution in [3.63, 3.8) is 0 Å². The van der Waals surface area contributed by atoms with Crippen molar-refractivity contribution in [2.75, 3.05) is 69.3 Å². The molecule has 2 aliphatic heterocycles. The first-order chi connectivity index (χ1) is 35.1. The number of aryl methyl sites for hydroxylation is 1. The van der Waals surface area contributed by atoms with Crippen molar-refractivity contribution in [3.8, 4) is 23.1 Å². The van der Waals surface area contributed by atoms with Gasteiger partial charge in [-0.1, -0.05) is 22.9 Å². The second kappa shape index (κ2) is 17.5. The number of rotatable bonds is 10. The molecule has 358 valence electrons. The van der Waals surface area contributed by atoms with Crippen LogP contribution in [0.1, 0.15) is 26.5 Å². The highest BCUT2D eigenvalue weighted by Gasteiger charge is 2.35. The minimum atomic E-state index is -0.839. The van der Waals surface area contributed by atoms with Crippen LogP contribution in [-0.4, -0.2) is 147 Å². The summed E-state index contributed by atoms with van der Waals surface area (Å²) in [6.45, 7) is 4.43. The molecule has 2 N–H and O–H groups in total. The van der Waals surface area contributed by atoms with Crippen LogP contribution in [0.3, 0.4) is 0 Å². The number of carbonyl (C=O) groups excluding carboxylic acids is 4. The Morgan fingerprint density at radius 3 is 2.12 bits per heavy atom. The molecule has 10 aromatic rings. The summed E-state index contributed by atoms with van der Waals surface area (Å²) in [6, 6.07) is 15.5. The molecule has 2 amide bonds. The number of piperazine rings is 2. The number of aromatic nitrogens is 12. The van der Waals surface area contributed by atoms with Crippen molar-refractivity contribution in [3.05, 3.63) is 133 Å². The van der Waals surface area contributed by atoms with Crippen molar-refractivity contribution < 1.29 is 32.9 Å². The van der Waals surface area contributed by atoms with Crippen LogP contribution in [0.25, 0.3) is 60.8 Å². The Hall–Kier alpha value is -9.47. The van der Waals surface area contributed by atoms with E-state index < -0.39 is 29.2 Å². The molecule has 2 fully saturated rings. The van der Waals surface area contributed by atoms with Gasteiger partial charge in [-0.2, -0.15) is 9.67 Å². The topological polar surface area (TPSA) is 226 Å². The normalized spacial score (nSPS) is 14.3. The molecule has 2 saturated heterocycles. The summed E-state index contributed by atoms with van der Waals surface area (Å²) < 4.78 is 27.0. The molecule has 0 atom stereocenters. The Kier molecular flexibility index (Phi) is 10.6. The maximum atomic E-state index is 16.9. The Balaban J connectivity index is 0.818. The highest BCUT2D eigenvalue weighted by atomic mass is 19.1. The second-order valence-corrected chi connectivity index (χ2v) is 17.4. The predicted octanol–water partition coefficient (Wildman–Crippen LogP) is 4.10. The Morgan fingerprint density at radius 2 is 1.43 bits per heavy atom. The zero-order valence-electron chi connectivity index (χ0n) is 38.7. The van der Waals surface area contributed by atoms with E-state index in [-0.39, 0.29) is 48.2 Å². The molecule has 72 heavy (non-hydrogen) atoms. The smallest absolute Gasteiger partial charge is 0.338 e. The van der Waals surface area contributed by atoms with Crippen molar-refractivity contribution in [2.24, 2.45) is 0 Å². The molecule has 0 unspecified atom stereocenters. The molecule has 0 radical (unpaired) electrons. The minimum Gasteiger partial charge on any atom is -0.494 e. The van der Waals surface area contributed by atoms with Crippen LogP contribution in [0, 0.1) is 12.7 Å². The van der Waals surface area contributed by atoms with Crippen LogP contribution >= 0.6 is 0 Å². The fourth-order valence-electron chi connectivity index (χ4n) is 9.92. The van der Waals surface area contributed by atoms with E-state index in [1.165, 1.54) is 63.6 Å². The number of benzene rings is 2. The number of para-hydroxylation sites is 1. The number of anilines is 2. The second-order valence-electron chi connectivity index (χ2n) is 17.4. The quantitative estimate of drug-likeness (QED) is 0.112. The number of pyridine rings is 4. The van der Waals surface area contributed by atoms with Gasteiger partial charge >= 0.3 is 5.82 Å². The number of aromatic amines is 2. The summed E-state index contributed by atoms with van der Waals surface area (Å²) in [5, 5.41) is 15.6. The molecule has 2 aromatic carbocycles. The Labute approximate surface area is 407 Å². The number of methoxy groups -OCH3 is 1. The number of amides is 2. The number of hydrogen-bond acceptors (Lipinski definition) is 14. The number of ketones is 2. The number of ether oxygens (including phenoxy) is 1. The van der Waals surface area contributed by atoms with Crippen LogP contribution in [-0.2, 0) is 9.59 Å². The van der Waals surface area contributed by atoms with E-state index >= 15 is 4.39 Å². The number of nitrogens with one attached hydrogen (secondary N) is 2. The number of halogens is 1. The monoisotopic (exact) mass is 965 g/mol. The van der Waals surface area contributed by atoms with Crippen LogP contribution < -0.4 is 19.1 Å². The number of carbonyl (C=O) groups is 4. The lowest BCUT2D eigenvalue weighted by atomic mass is 10.1. The summed E-state index contributed by atoms with van der Waals surface area (Å²) in [4.78, 5) is 87.1. The summed E-state index contributed by atoms with van der Waals surface area (Å²) in [5.74, 6) is -2.13. The van der Waals surface area contributed by atoms with Crippen LogP contribution in [0.4, 0.5) is 15.8 Å². The first-order valence-corrected chi connectivity index (χ1v) is 23.1. The average Bonchev–Trinajstić information content (AvgIpc) is 4.28. The lowest BCUT2D eigenvalue weighted by Gasteiger charge is -2.36. The van der Waals surface area contributed by atoms with Gasteiger partial charge in [0.25, 0.3) is 23.4 Å². The summed E-state index contributed by atoms with van der Waals surface area (Å²) in [6.07, 6.45) is 15.4. The van der Waals surface area contributed by atoms with E-state index in [0.29, 0.717) is 66.0 Å². The number of H-pyrrole nitrogens is 2. The number of fused-ring (bicyclic) bond motifs is 4. The summed E-state index contributed by atoms with van der Waals surface area (Å²) >= 11 is 0. The van der Waals surface area contributed by atoms with Crippen molar-refractivity contribution in [1.29, 1.82) is 0 Å². The maximum Gasteiger partial charge on any atom is 0.338 e. The standard InChI is InChI=1S/C50H41FN16O5/c1-29-57-28-67(59-29)47-43-41(39(72-2)26-56-47)35(25-54-43)46(69)50(71)64-19-15-62(16-20-64)38-22-32(21-31-8-10-52-23-33(31)38)65-27-36(51)40-34(24-55-44(40)48(65)66-12-11-58-60-66)45(68)49(70)63-17-13-61(14-18-63)37-7-3-5-30-6-4-9-53-42(30)37/h3-12,21-28H,13-20H2,1-2H3,(H,54,56,69)/p+1. The van der Waals surface area contributed by atoms with Crippen LogP contribution in [0.2, 0.25) is 0 Å². The molecule has 10 heterocycles. The summed E-state index contributed by atoms with van der Waals surface area (Å²) in [7, 11) is 1.47. The minimum absolute atomic E-state index is 0.0652. The molecule has 8 aromatic heterocycles. The average molecular weight is 966 g/mol. The van der Waals surface area contributed by atoms with Crippen molar-refractivity contribution in [1.82, 2.24) is 64.5 Å². The number of Topliss-reactive ketones (excluding diaryl/α,β-unsaturated/α-hetero) is 2. The largest absolute Gasteiger partial charge is 0.494 e. The van der Waals surface area contributed by atoms with Crippen LogP contribution in [0.15, 0.2) is 111 Å². The summed E-state index contributed by atoms with van der Waals surface area (Å²) in [5.41, 5.74) is 3.81. The van der Waals surface area contributed by atoms with E-state index in [4.69, 9.17) is 4.74 Å². The van der Waals surface area contributed by atoms with Gasteiger partial charge < -0.3 is 34.3 Å². The third-order valence-electron chi connectivity index (χ3n) is 13.5. The molecule has 0 aliphatic carbocycles. The first-order valence-electron chi connectivity index (χ1n) is 23.1. The van der Waals surface area contributed by atoms with E-state index in [9.17, 15) is 19.2 Å². The highest BCUT2D eigenvalue weighted by Crippen LogP contribution is 2.35. The predicted molar refractivity (Wildman–Crippen MR) is 260 cm³/mol. The molecule has 0 saturated carbocycles. The lowest BCUT2D eigenvalue weighted by molar-refractivity contribution is -0.590. The molecular weight excluding hydrogens is 924 g/mol. The van der Waals surface area contributed by atoms with Gasteiger partial charge in [0.05, 0.1) is 63.8 Å². The molecule has 12 rings (SSSR count). The van der Waals surface area contributed by atoms with E-state index in [0.717, 1.165) is 33.1 Å². The van der Waals surface area contributed by atoms with E-state index in [1.807, 2.05) is 48.5 Å². The maximum absolute atomic E-state index is 16.9. The molecule has 2 aliphatic rings. The third kappa shape index (κ3) is 7.29. The molecule has 0 bridgehead atoms. The van der Waals surface area contributed by atoms with Gasteiger partial charge in [-0.3, -0.25) is 29.1 Å². The van der Waals surface area contributed by atoms with Gasteiger partial charge in [-0.05, 0) is 36.6 Å². The zero-order chi connectivity index (χ0) is 49.2. The van der Waals surface area contributed by atoms with Crippen LogP contribution in [0.5, 0.6) is 5.75 Å². The molecular formula is C50H42FN16O5+. The van der Waals surface area contributed by atoms with Gasteiger partial charge in [0.1, 0.15) is 41.5 Å².